The smallest absolute Gasteiger partial charge is 0.223 e. The highest BCUT2D eigenvalue weighted by atomic mass is 32.2. The molecule has 1 saturated carbocycles. The van der Waals surface area contributed by atoms with Crippen LogP contribution < -0.4 is 5.32 Å². The summed E-state index contributed by atoms with van der Waals surface area (Å²) in [4.78, 5) is 9.38. The highest BCUT2D eigenvalue weighted by molar-refractivity contribution is 7.88. The van der Waals surface area contributed by atoms with Gasteiger partial charge in [-0.3, -0.25) is 0 Å². The summed E-state index contributed by atoms with van der Waals surface area (Å²) in [6, 6.07) is 0. The summed E-state index contributed by atoms with van der Waals surface area (Å²) in [6.07, 6.45) is 4.56. The third kappa shape index (κ3) is 2.91. The predicted molar refractivity (Wildman–Crippen MR) is 90.4 cm³/mol. The molecule has 2 aliphatic heterocycles. The van der Waals surface area contributed by atoms with Crippen molar-refractivity contribution in [3.8, 4) is 0 Å². The van der Waals surface area contributed by atoms with Crippen LogP contribution in [-0.4, -0.2) is 55.2 Å². The first-order valence-electron chi connectivity index (χ1n) is 8.52. The summed E-state index contributed by atoms with van der Waals surface area (Å²) >= 11 is 0. The second-order valence-electron chi connectivity index (χ2n) is 7.40. The summed E-state index contributed by atoms with van der Waals surface area (Å²) in [6.45, 7) is 4.88. The minimum absolute atomic E-state index is 0.347. The Balaban J connectivity index is 1.67. The molecule has 0 aromatic carbocycles. The highest BCUT2D eigenvalue weighted by Gasteiger charge is 2.47. The van der Waals surface area contributed by atoms with Gasteiger partial charge in [0.05, 0.1) is 30.6 Å². The van der Waals surface area contributed by atoms with Crippen molar-refractivity contribution in [3.05, 3.63) is 17.0 Å². The number of aryl methyl sites for hydroxylation is 1. The Kier molecular flexibility index (Phi) is 3.81. The van der Waals surface area contributed by atoms with Crippen LogP contribution in [0.2, 0.25) is 0 Å². The van der Waals surface area contributed by atoms with E-state index < -0.39 is 10.0 Å². The van der Waals surface area contributed by atoms with E-state index in [1.807, 2.05) is 6.92 Å². The first-order chi connectivity index (χ1) is 11.4. The van der Waals surface area contributed by atoms with Gasteiger partial charge in [0, 0.05) is 30.9 Å². The number of anilines is 1. The summed E-state index contributed by atoms with van der Waals surface area (Å²) in [5.74, 6) is 1.41. The van der Waals surface area contributed by atoms with Gasteiger partial charge in [0.15, 0.2) is 0 Å². The number of ether oxygens (including phenoxy) is 1. The van der Waals surface area contributed by atoms with Gasteiger partial charge in [0.25, 0.3) is 0 Å². The van der Waals surface area contributed by atoms with Gasteiger partial charge in [-0.15, -0.1) is 0 Å². The number of nitrogens with zero attached hydrogens (tertiary/aromatic N) is 3. The van der Waals surface area contributed by atoms with E-state index in [2.05, 4.69) is 10.3 Å². The average Bonchev–Trinajstić information content (AvgIpc) is 3.25. The molecule has 2 fully saturated rings. The molecule has 8 heteroatoms. The average molecular weight is 352 g/mol. The monoisotopic (exact) mass is 352 g/mol. The molecule has 0 radical (unpaired) electrons. The fraction of sp³-hybridized carbons (Fsp3) is 0.750. The third-order valence-electron chi connectivity index (χ3n) is 5.37. The van der Waals surface area contributed by atoms with E-state index in [-0.39, 0.29) is 5.41 Å². The number of nitrogens with one attached hydrogen (secondary N) is 1. The van der Waals surface area contributed by atoms with E-state index in [0.29, 0.717) is 32.3 Å². The number of aromatic nitrogens is 2. The second-order valence-corrected chi connectivity index (χ2v) is 9.39. The molecular formula is C16H24N4O3S. The molecule has 0 amide bonds. The van der Waals surface area contributed by atoms with Crippen LogP contribution in [0.5, 0.6) is 0 Å². The van der Waals surface area contributed by atoms with Crippen LogP contribution in [0.3, 0.4) is 0 Å². The second kappa shape index (κ2) is 5.64. The standard InChI is InChI=1S/C16H24N4O3S/c1-11-13-8-23-10-16(5-6-20(9-16)24(2,21)22)14(13)19-15(18-11)17-7-12-3-4-12/h12H,3-10H2,1-2H3,(H,17,18,19). The molecule has 1 unspecified atom stereocenters. The molecule has 1 atom stereocenters. The Labute approximate surface area is 142 Å². The molecule has 4 rings (SSSR count). The molecule has 3 heterocycles. The molecule has 1 aromatic heterocycles. The third-order valence-corrected chi connectivity index (χ3v) is 6.62. The number of hydrogen-bond donors (Lipinski definition) is 1. The SMILES string of the molecule is Cc1nc(NCC2CC2)nc2c1COCC21CCN(S(C)(=O)=O)C1. The lowest BCUT2D eigenvalue weighted by molar-refractivity contribution is 0.0527. The van der Waals surface area contributed by atoms with Crippen LogP contribution in [0.4, 0.5) is 5.95 Å². The van der Waals surface area contributed by atoms with Crippen molar-refractivity contribution in [3.63, 3.8) is 0 Å². The Morgan fingerprint density at radius 2 is 2.17 bits per heavy atom. The van der Waals surface area contributed by atoms with Crippen molar-refractivity contribution in [1.29, 1.82) is 0 Å². The van der Waals surface area contributed by atoms with Crippen LogP contribution in [-0.2, 0) is 26.8 Å². The largest absolute Gasteiger partial charge is 0.376 e. The normalized spacial score (nSPS) is 27.4. The van der Waals surface area contributed by atoms with E-state index in [0.717, 1.165) is 35.8 Å². The van der Waals surface area contributed by atoms with Crippen LogP contribution in [0.25, 0.3) is 0 Å². The molecule has 24 heavy (non-hydrogen) atoms. The molecule has 0 bridgehead atoms. The van der Waals surface area contributed by atoms with E-state index in [9.17, 15) is 8.42 Å². The van der Waals surface area contributed by atoms with E-state index in [4.69, 9.17) is 9.72 Å². The lowest BCUT2D eigenvalue weighted by Gasteiger charge is -2.35. The Morgan fingerprint density at radius 3 is 2.83 bits per heavy atom. The van der Waals surface area contributed by atoms with Crippen molar-refractivity contribution in [2.45, 2.75) is 38.2 Å². The summed E-state index contributed by atoms with van der Waals surface area (Å²) in [5.41, 5.74) is 2.58. The van der Waals surface area contributed by atoms with Crippen molar-refractivity contribution >= 4 is 16.0 Å². The quantitative estimate of drug-likeness (QED) is 0.872. The summed E-state index contributed by atoms with van der Waals surface area (Å²) < 4.78 is 31.2. The number of sulfonamides is 1. The van der Waals surface area contributed by atoms with Crippen LogP contribution in [0, 0.1) is 12.8 Å². The lowest BCUT2D eigenvalue weighted by atomic mass is 9.80. The van der Waals surface area contributed by atoms with Crippen molar-refractivity contribution in [1.82, 2.24) is 14.3 Å². The van der Waals surface area contributed by atoms with Gasteiger partial charge in [-0.25, -0.2) is 22.7 Å². The fourth-order valence-corrected chi connectivity index (χ4v) is 4.59. The first-order valence-corrected chi connectivity index (χ1v) is 10.4. The van der Waals surface area contributed by atoms with Crippen molar-refractivity contribution in [2.24, 2.45) is 5.92 Å². The molecule has 1 saturated heterocycles. The molecule has 7 nitrogen and oxygen atoms in total. The zero-order chi connectivity index (χ0) is 16.9. The minimum Gasteiger partial charge on any atom is -0.376 e. The van der Waals surface area contributed by atoms with Gasteiger partial charge in [-0.05, 0) is 32.1 Å². The Hall–Kier alpha value is -1.25. The molecule has 1 aromatic rings. The number of fused-ring (bicyclic) bond motifs is 2. The number of hydrogen-bond acceptors (Lipinski definition) is 6. The van der Waals surface area contributed by atoms with Gasteiger partial charge >= 0.3 is 0 Å². The van der Waals surface area contributed by atoms with Gasteiger partial charge in [0.2, 0.25) is 16.0 Å². The zero-order valence-corrected chi connectivity index (χ0v) is 15.0. The maximum atomic E-state index is 11.9. The fourth-order valence-electron chi connectivity index (χ4n) is 3.69. The maximum absolute atomic E-state index is 11.9. The lowest BCUT2D eigenvalue weighted by Crippen LogP contribution is -2.42. The van der Waals surface area contributed by atoms with E-state index in [1.54, 1.807) is 4.31 Å². The highest BCUT2D eigenvalue weighted by Crippen LogP contribution is 2.41. The molecule has 1 spiro atoms. The van der Waals surface area contributed by atoms with Gasteiger partial charge in [-0.1, -0.05) is 0 Å². The molecule has 132 valence electrons. The molecule has 1 aliphatic carbocycles. The predicted octanol–water partition coefficient (Wildman–Crippen LogP) is 1.04. The number of rotatable bonds is 4. The first kappa shape index (κ1) is 16.2. The van der Waals surface area contributed by atoms with Crippen molar-refractivity contribution in [2.75, 3.05) is 37.8 Å². The van der Waals surface area contributed by atoms with Gasteiger partial charge in [-0.2, -0.15) is 0 Å². The van der Waals surface area contributed by atoms with Gasteiger partial charge < -0.3 is 10.1 Å². The van der Waals surface area contributed by atoms with Crippen LogP contribution in [0.15, 0.2) is 0 Å². The molecule has 1 N–H and O–H groups in total. The summed E-state index contributed by atoms with van der Waals surface area (Å²) in [5, 5.41) is 3.35. The van der Waals surface area contributed by atoms with Crippen molar-refractivity contribution < 1.29 is 13.2 Å². The van der Waals surface area contributed by atoms with Gasteiger partial charge in [0.1, 0.15) is 0 Å². The zero-order valence-electron chi connectivity index (χ0n) is 14.2. The van der Waals surface area contributed by atoms with Crippen LogP contribution >= 0.6 is 0 Å². The molecule has 3 aliphatic rings. The van der Waals surface area contributed by atoms with Crippen LogP contribution in [0.1, 0.15) is 36.2 Å². The Bertz CT molecular complexity index is 763. The molecular weight excluding hydrogens is 328 g/mol. The van der Waals surface area contributed by atoms with E-state index in [1.165, 1.54) is 19.1 Å². The van der Waals surface area contributed by atoms with E-state index >= 15 is 0 Å². The topological polar surface area (TPSA) is 84.4 Å². The minimum atomic E-state index is -3.20. The maximum Gasteiger partial charge on any atom is 0.223 e. The summed E-state index contributed by atoms with van der Waals surface area (Å²) in [7, 11) is -3.20. The Morgan fingerprint density at radius 1 is 1.38 bits per heavy atom.